The van der Waals surface area contributed by atoms with Crippen LogP contribution in [0.4, 0.5) is 5.69 Å². The Morgan fingerprint density at radius 2 is 1.94 bits per heavy atom. The number of aliphatic imine (C=N–C) groups is 1. The van der Waals surface area contributed by atoms with Gasteiger partial charge in [0.15, 0.2) is 0 Å². The Hall–Kier alpha value is -3.25. The van der Waals surface area contributed by atoms with E-state index in [1.807, 2.05) is 31.0 Å². The standard InChI is InChI=1S/C27H29ClN4O2/c1-17(2)23(16-29-5)25(33)31-10-8-18(9-11-31)19-12-21(15-30-14-19)32-26(34)22-7-6-20(28)13-24(22)27(32,3)4/h6-7,12-16,18H,1,5,8-11H2,2-4H3/b23-16+. The number of halogens is 1. The molecule has 2 amide bonds. The fourth-order valence-electron chi connectivity index (χ4n) is 4.96. The van der Waals surface area contributed by atoms with Gasteiger partial charge in [0, 0.05) is 36.1 Å². The van der Waals surface area contributed by atoms with E-state index >= 15 is 0 Å². The molecule has 1 aromatic heterocycles. The molecule has 176 valence electrons. The highest BCUT2D eigenvalue weighted by Gasteiger charge is 2.44. The topological polar surface area (TPSA) is 65.9 Å². The molecule has 0 spiro atoms. The monoisotopic (exact) mass is 476 g/mol. The maximum Gasteiger partial charge on any atom is 0.259 e. The minimum absolute atomic E-state index is 0.0500. The Morgan fingerprint density at radius 1 is 1.24 bits per heavy atom. The van der Waals surface area contributed by atoms with Gasteiger partial charge in [0.2, 0.25) is 0 Å². The van der Waals surface area contributed by atoms with Gasteiger partial charge in [-0.2, -0.15) is 0 Å². The first kappa shape index (κ1) is 23.9. The third-order valence-corrected chi connectivity index (χ3v) is 7.04. The molecule has 2 aromatic rings. The van der Waals surface area contributed by atoms with Crippen molar-refractivity contribution in [1.29, 1.82) is 0 Å². The van der Waals surface area contributed by atoms with Crippen LogP contribution in [0.3, 0.4) is 0 Å². The number of carbonyl (C=O) groups excluding carboxylic acids is 2. The molecule has 0 saturated carbocycles. The van der Waals surface area contributed by atoms with Gasteiger partial charge in [-0.15, -0.1) is 0 Å². The van der Waals surface area contributed by atoms with E-state index in [4.69, 9.17) is 11.6 Å². The average molecular weight is 477 g/mol. The Kier molecular flexibility index (Phi) is 6.45. The molecule has 0 N–H and O–H groups in total. The van der Waals surface area contributed by atoms with Crippen LogP contribution in [0.1, 0.15) is 61.0 Å². The van der Waals surface area contributed by atoms with Gasteiger partial charge < -0.3 is 4.90 Å². The lowest BCUT2D eigenvalue weighted by Crippen LogP contribution is -2.40. The molecule has 0 bridgehead atoms. The van der Waals surface area contributed by atoms with Gasteiger partial charge in [-0.3, -0.25) is 24.5 Å². The number of amides is 2. The summed E-state index contributed by atoms with van der Waals surface area (Å²) < 4.78 is 0. The lowest BCUT2D eigenvalue weighted by atomic mass is 9.89. The molecule has 1 fully saturated rings. The van der Waals surface area contributed by atoms with Gasteiger partial charge in [0.25, 0.3) is 11.8 Å². The number of nitrogens with zero attached hydrogens (tertiary/aromatic N) is 4. The van der Waals surface area contributed by atoms with Crippen LogP contribution in [0.15, 0.2) is 65.6 Å². The van der Waals surface area contributed by atoms with Crippen LogP contribution in [0, 0.1) is 0 Å². The SMILES string of the molecule is C=N/C=C(\C(=C)C)C(=O)N1CCC(c2cncc(N3C(=O)c4ccc(Cl)cc4C3(C)C)c2)CC1. The molecule has 34 heavy (non-hydrogen) atoms. The van der Waals surface area contributed by atoms with Crippen molar-refractivity contribution in [2.24, 2.45) is 4.99 Å². The number of hydrogen-bond donors (Lipinski definition) is 0. The number of hydrogen-bond acceptors (Lipinski definition) is 4. The maximum atomic E-state index is 13.3. The van der Waals surface area contributed by atoms with Gasteiger partial charge in [-0.05, 0) is 87.2 Å². The molecule has 2 aliphatic heterocycles. The van der Waals surface area contributed by atoms with Crippen molar-refractivity contribution in [2.75, 3.05) is 18.0 Å². The van der Waals surface area contributed by atoms with Crippen LogP contribution in [0.5, 0.6) is 0 Å². The van der Waals surface area contributed by atoms with Gasteiger partial charge in [-0.25, -0.2) is 0 Å². The molecule has 0 radical (unpaired) electrons. The molecule has 4 rings (SSSR count). The van der Waals surface area contributed by atoms with E-state index in [2.05, 4.69) is 29.3 Å². The molecule has 3 heterocycles. The molecular weight excluding hydrogens is 448 g/mol. The zero-order valence-corrected chi connectivity index (χ0v) is 20.6. The molecule has 0 aliphatic carbocycles. The fraction of sp³-hybridized carbons (Fsp3) is 0.333. The summed E-state index contributed by atoms with van der Waals surface area (Å²) in [5.41, 5.74) is 4.05. The van der Waals surface area contributed by atoms with Crippen molar-refractivity contribution >= 4 is 35.8 Å². The van der Waals surface area contributed by atoms with Gasteiger partial charge in [-0.1, -0.05) is 18.2 Å². The Balaban J connectivity index is 1.53. The molecule has 6 nitrogen and oxygen atoms in total. The predicted octanol–water partition coefficient (Wildman–Crippen LogP) is 5.50. The van der Waals surface area contributed by atoms with Gasteiger partial charge in [0.1, 0.15) is 0 Å². The number of piperidine rings is 1. The number of rotatable bonds is 5. The molecular formula is C27H29ClN4O2. The van der Waals surface area contributed by atoms with Crippen molar-refractivity contribution < 1.29 is 9.59 Å². The number of anilines is 1. The van der Waals surface area contributed by atoms with E-state index in [1.54, 1.807) is 30.2 Å². The Labute approximate surface area is 205 Å². The number of likely N-dealkylation sites (tertiary alicyclic amines) is 1. The highest BCUT2D eigenvalue weighted by atomic mass is 35.5. The zero-order valence-electron chi connectivity index (χ0n) is 19.8. The van der Waals surface area contributed by atoms with E-state index in [-0.39, 0.29) is 17.7 Å². The van der Waals surface area contributed by atoms with E-state index in [0.717, 1.165) is 29.7 Å². The first-order valence-electron chi connectivity index (χ1n) is 11.4. The van der Waals surface area contributed by atoms with E-state index < -0.39 is 5.54 Å². The molecule has 1 saturated heterocycles. The second-order valence-corrected chi connectivity index (χ2v) is 9.87. The summed E-state index contributed by atoms with van der Waals surface area (Å²) in [4.78, 5) is 38.0. The van der Waals surface area contributed by atoms with Crippen LogP contribution in [-0.2, 0) is 10.3 Å². The van der Waals surface area contributed by atoms with Gasteiger partial charge >= 0.3 is 0 Å². The normalized spacial score (nSPS) is 18.1. The number of carbonyl (C=O) groups is 2. The molecule has 2 aliphatic rings. The van der Waals surface area contributed by atoms with Crippen molar-refractivity contribution in [3.63, 3.8) is 0 Å². The van der Waals surface area contributed by atoms with Crippen LogP contribution in [0.25, 0.3) is 0 Å². The summed E-state index contributed by atoms with van der Waals surface area (Å²) in [6, 6.07) is 7.47. The minimum Gasteiger partial charge on any atom is -0.339 e. The lowest BCUT2D eigenvalue weighted by Gasteiger charge is -2.34. The first-order chi connectivity index (χ1) is 16.1. The van der Waals surface area contributed by atoms with E-state index in [1.165, 1.54) is 6.20 Å². The number of pyridine rings is 1. The van der Waals surface area contributed by atoms with E-state index in [9.17, 15) is 9.59 Å². The second-order valence-electron chi connectivity index (χ2n) is 9.44. The van der Waals surface area contributed by atoms with Crippen LogP contribution >= 0.6 is 11.6 Å². The van der Waals surface area contributed by atoms with Crippen LogP contribution < -0.4 is 4.90 Å². The largest absolute Gasteiger partial charge is 0.339 e. The summed E-state index contributed by atoms with van der Waals surface area (Å²) >= 11 is 6.22. The first-order valence-corrected chi connectivity index (χ1v) is 11.7. The summed E-state index contributed by atoms with van der Waals surface area (Å²) in [7, 11) is 0. The summed E-state index contributed by atoms with van der Waals surface area (Å²) in [5, 5.41) is 0.614. The third-order valence-electron chi connectivity index (χ3n) is 6.80. The maximum absolute atomic E-state index is 13.3. The van der Waals surface area contributed by atoms with Crippen molar-refractivity contribution in [3.8, 4) is 0 Å². The molecule has 1 aromatic carbocycles. The number of aromatic nitrogens is 1. The predicted molar refractivity (Wildman–Crippen MR) is 137 cm³/mol. The Morgan fingerprint density at radius 3 is 2.59 bits per heavy atom. The van der Waals surface area contributed by atoms with Gasteiger partial charge in [0.05, 0.1) is 23.0 Å². The van der Waals surface area contributed by atoms with Crippen LogP contribution in [0.2, 0.25) is 5.02 Å². The zero-order chi connectivity index (χ0) is 24.6. The summed E-state index contributed by atoms with van der Waals surface area (Å²) in [6.45, 7) is 14.5. The smallest absolute Gasteiger partial charge is 0.259 e. The molecule has 0 atom stereocenters. The third kappa shape index (κ3) is 4.18. The lowest BCUT2D eigenvalue weighted by molar-refractivity contribution is -0.127. The second kappa shape index (κ2) is 9.18. The Bertz CT molecular complexity index is 1210. The summed E-state index contributed by atoms with van der Waals surface area (Å²) in [5.74, 6) is 0.140. The fourth-order valence-corrected chi connectivity index (χ4v) is 5.13. The summed E-state index contributed by atoms with van der Waals surface area (Å²) in [6.07, 6.45) is 6.71. The van der Waals surface area contributed by atoms with Crippen molar-refractivity contribution in [3.05, 3.63) is 82.3 Å². The van der Waals surface area contributed by atoms with E-state index in [0.29, 0.717) is 34.8 Å². The average Bonchev–Trinajstić information content (AvgIpc) is 3.01. The van der Waals surface area contributed by atoms with Crippen molar-refractivity contribution in [1.82, 2.24) is 9.88 Å². The highest BCUT2D eigenvalue weighted by molar-refractivity contribution is 6.31. The molecule has 0 unspecified atom stereocenters. The quantitative estimate of drug-likeness (QED) is 0.325. The highest BCUT2D eigenvalue weighted by Crippen LogP contribution is 2.43. The van der Waals surface area contributed by atoms with Crippen LogP contribution in [-0.4, -0.2) is 41.5 Å². The minimum atomic E-state index is -0.544. The number of benzene rings is 1. The number of fused-ring (bicyclic) bond motifs is 1. The molecule has 7 heteroatoms. The van der Waals surface area contributed by atoms with Crippen molar-refractivity contribution in [2.45, 2.75) is 45.1 Å².